The molecule has 0 fully saturated rings. The lowest BCUT2D eigenvalue weighted by Crippen LogP contribution is -2.05. The second-order valence-electron chi connectivity index (χ2n) is 6.16. The van der Waals surface area contributed by atoms with E-state index in [2.05, 4.69) is 0 Å². The van der Waals surface area contributed by atoms with Gasteiger partial charge in [0.25, 0.3) is 0 Å². The van der Waals surface area contributed by atoms with Gasteiger partial charge >= 0.3 is 0 Å². The maximum atomic E-state index is 12.6. The van der Waals surface area contributed by atoms with Crippen LogP contribution in [0, 0.1) is 13.8 Å². The summed E-state index contributed by atoms with van der Waals surface area (Å²) in [6.07, 6.45) is 0. The zero-order chi connectivity index (χ0) is 18.8. The first kappa shape index (κ1) is 18.4. The molecule has 4 heteroatoms. The van der Waals surface area contributed by atoms with Gasteiger partial charge in [0.2, 0.25) is 0 Å². The minimum Gasteiger partial charge on any atom is -0.289 e. The molecule has 2 nitrogen and oxygen atoms in total. The van der Waals surface area contributed by atoms with Crippen molar-refractivity contribution in [3.63, 3.8) is 0 Å². The number of carbonyl (C=O) groups excluding carboxylic acids is 2. The van der Waals surface area contributed by atoms with Crippen LogP contribution in [-0.2, 0) is 0 Å². The maximum absolute atomic E-state index is 12.6. The van der Waals surface area contributed by atoms with Gasteiger partial charge in [0.15, 0.2) is 11.6 Å². The average molecular weight is 383 g/mol. The molecule has 0 N–H and O–H groups in total. The fourth-order valence-electron chi connectivity index (χ4n) is 2.68. The van der Waals surface area contributed by atoms with E-state index in [1.165, 1.54) is 0 Å². The molecule has 26 heavy (non-hydrogen) atoms. The van der Waals surface area contributed by atoms with Crippen molar-refractivity contribution >= 4 is 34.8 Å². The van der Waals surface area contributed by atoms with Crippen LogP contribution in [0.5, 0.6) is 0 Å². The summed E-state index contributed by atoms with van der Waals surface area (Å²) in [4.78, 5) is 25.2. The van der Waals surface area contributed by atoms with Crippen molar-refractivity contribution in [1.29, 1.82) is 0 Å². The van der Waals surface area contributed by atoms with E-state index >= 15 is 0 Å². The maximum Gasteiger partial charge on any atom is 0.193 e. The van der Waals surface area contributed by atoms with E-state index in [0.29, 0.717) is 32.3 Å². The van der Waals surface area contributed by atoms with Crippen LogP contribution in [0.15, 0.2) is 60.7 Å². The molecule has 0 amide bonds. The zero-order valence-corrected chi connectivity index (χ0v) is 15.9. The highest BCUT2D eigenvalue weighted by Crippen LogP contribution is 2.21. The molecule has 130 valence electrons. The van der Waals surface area contributed by atoms with E-state index in [1.54, 1.807) is 60.7 Å². The van der Waals surface area contributed by atoms with Gasteiger partial charge in [-0.15, -0.1) is 0 Å². The Balaban J connectivity index is 1.85. The molecule has 0 saturated heterocycles. The predicted molar refractivity (Wildman–Crippen MR) is 106 cm³/mol. The van der Waals surface area contributed by atoms with Crippen molar-refractivity contribution in [2.24, 2.45) is 0 Å². The Morgan fingerprint density at radius 1 is 0.577 bits per heavy atom. The van der Waals surface area contributed by atoms with Crippen LogP contribution >= 0.6 is 23.2 Å². The van der Waals surface area contributed by atoms with E-state index in [0.717, 1.165) is 11.1 Å². The van der Waals surface area contributed by atoms with Crippen LogP contribution in [0.25, 0.3) is 0 Å². The molecule has 0 aromatic heterocycles. The molecule has 0 atom stereocenters. The lowest BCUT2D eigenvalue weighted by atomic mass is 9.97. The molecule has 3 aromatic carbocycles. The van der Waals surface area contributed by atoms with E-state index in [4.69, 9.17) is 23.2 Å². The summed E-state index contributed by atoms with van der Waals surface area (Å²) >= 11 is 12.0. The SMILES string of the molecule is Cc1cc(C(=O)c2ccc(C(=O)c3ccc(Cl)c(C)c3)cc2)ccc1Cl. The molecule has 0 saturated carbocycles. The largest absolute Gasteiger partial charge is 0.289 e. The number of hydrogen-bond donors (Lipinski definition) is 0. The Labute approximate surface area is 162 Å². The van der Waals surface area contributed by atoms with Gasteiger partial charge in [-0.25, -0.2) is 0 Å². The van der Waals surface area contributed by atoms with Gasteiger partial charge in [0.1, 0.15) is 0 Å². The molecule has 0 radical (unpaired) electrons. The molecule has 0 aliphatic carbocycles. The average Bonchev–Trinajstić information content (AvgIpc) is 2.65. The second-order valence-corrected chi connectivity index (χ2v) is 6.98. The number of benzene rings is 3. The van der Waals surface area contributed by atoms with E-state index in [-0.39, 0.29) is 11.6 Å². The molecule has 0 aliphatic heterocycles. The van der Waals surface area contributed by atoms with Crippen LogP contribution in [0.2, 0.25) is 10.0 Å². The third-order valence-corrected chi connectivity index (χ3v) is 5.10. The summed E-state index contributed by atoms with van der Waals surface area (Å²) in [5.41, 5.74) is 3.88. The fraction of sp³-hybridized carbons (Fsp3) is 0.0909. The molecule has 0 spiro atoms. The minimum atomic E-state index is -0.105. The van der Waals surface area contributed by atoms with Crippen molar-refractivity contribution in [3.8, 4) is 0 Å². The van der Waals surface area contributed by atoms with Crippen molar-refractivity contribution in [1.82, 2.24) is 0 Å². The van der Waals surface area contributed by atoms with Gasteiger partial charge in [0.05, 0.1) is 0 Å². The molecular formula is C22H16Cl2O2. The van der Waals surface area contributed by atoms with E-state index < -0.39 is 0 Å². The highest BCUT2D eigenvalue weighted by molar-refractivity contribution is 6.31. The highest BCUT2D eigenvalue weighted by atomic mass is 35.5. The first-order valence-corrected chi connectivity index (χ1v) is 8.84. The Bertz CT molecular complexity index is 923. The predicted octanol–water partition coefficient (Wildman–Crippen LogP) is 6.07. The van der Waals surface area contributed by atoms with Crippen molar-refractivity contribution in [2.45, 2.75) is 13.8 Å². The summed E-state index contributed by atoms with van der Waals surface area (Å²) < 4.78 is 0. The number of aryl methyl sites for hydroxylation is 2. The van der Waals surface area contributed by atoms with Crippen molar-refractivity contribution < 1.29 is 9.59 Å². The highest BCUT2D eigenvalue weighted by Gasteiger charge is 2.13. The lowest BCUT2D eigenvalue weighted by molar-refractivity contribution is 0.102. The smallest absolute Gasteiger partial charge is 0.193 e. The van der Waals surface area contributed by atoms with Crippen molar-refractivity contribution in [2.75, 3.05) is 0 Å². The molecule has 3 aromatic rings. The second kappa shape index (κ2) is 7.45. The van der Waals surface area contributed by atoms with Gasteiger partial charge in [-0.2, -0.15) is 0 Å². The normalized spacial score (nSPS) is 10.6. The summed E-state index contributed by atoms with van der Waals surface area (Å²) in [5.74, 6) is -0.211. The molecular weight excluding hydrogens is 367 g/mol. The lowest BCUT2D eigenvalue weighted by Gasteiger charge is -2.06. The first-order chi connectivity index (χ1) is 12.4. The summed E-state index contributed by atoms with van der Waals surface area (Å²) in [7, 11) is 0. The number of rotatable bonds is 4. The van der Waals surface area contributed by atoms with Crippen molar-refractivity contribution in [3.05, 3.63) is 104 Å². The quantitative estimate of drug-likeness (QED) is 0.512. The summed E-state index contributed by atoms with van der Waals surface area (Å²) in [6.45, 7) is 3.71. The monoisotopic (exact) mass is 382 g/mol. The standard InChI is InChI=1S/C22H16Cl2O2/c1-13-11-17(7-9-19(13)23)21(25)15-3-5-16(6-4-15)22(26)18-8-10-20(24)14(2)12-18/h3-12H,1-2H3. The number of carbonyl (C=O) groups is 2. The summed E-state index contributed by atoms with van der Waals surface area (Å²) in [6, 6.07) is 17.0. The van der Waals surface area contributed by atoms with Gasteiger partial charge in [-0.05, 0) is 61.4 Å². The molecule has 0 aliphatic rings. The van der Waals surface area contributed by atoms with Gasteiger partial charge < -0.3 is 0 Å². The number of hydrogen-bond acceptors (Lipinski definition) is 2. The van der Waals surface area contributed by atoms with Crippen LogP contribution in [0.4, 0.5) is 0 Å². The number of ketones is 2. The number of halogens is 2. The Hall–Kier alpha value is -2.42. The Morgan fingerprint density at radius 2 is 0.885 bits per heavy atom. The molecule has 0 bridgehead atoms. The van der Waals surface area contributed by atoms with Crippen LogP contribution in [0.1, 0.15) is 43.0 Å². The Kier molecular flexibility index (Phi) is 5.26. The zero-order valence-electron chi connectivity index (χ0n) is 14.3. The third kappa shape index (κ3) is 3.72. The molecule has 3 rings (SSSR count). The summed E-state index contributed by atoms with van der Waals surface area (Å²) in [5, 5.41) is 1.25. The van der Waals surface area contributed by atoms with E-state index in [9.17, 15) is 9.59 Å². The fourth-order valence-corrected chi connectivity index (χ4v) is 2.91. The minimum absolute atomic E-state index is 0.105. The molecule has 0 heterocycles. The van der Waals surface area contributed by atoms with Crippen LogP contribution < -0.4 is 0 Å². The van der Waals surface area contributed by atoms with Gasteiger partial charge in [0, 0.05) is 32.3 Å². The Morgan fingerprint density at radius 3 is 1.19 bits per heavy atom. The third-order valence-electron chi connectivity index (χ3n) is 4.25. The van der Waals surface area contributed by atoms with Crippen LogP contribution in [0.3, 0.4) is 0 Å². The molecule has 0 unspecified atom stereocenters. The van der Waals surface area contributed by atoms with Gasteiger partial charge in [-0.1, -0.05) is 47.5 Å². The first-order valence-electron chi connectivity index (χ1n) is 8.08. The van der Waals surface area contributed by atoms with Crippen LogP contribution in [-0.4, -0.2) is 11.6 Å². The van der Waals surface area contributed by atoms with Gasteiger partial charge in [-0.3, -0.25) is 9.59 Å². The topological polar surface area (TPSA) is 34.1 Å². The van der Waals surface area contributed by atoms with E-state index in [1.807, 2.05) is 13.8 Å².